The fraction of sp³-hybridized carbons (Fsp3) is 0.308. The maximum absolute atomic E-state index is 11.5. The molecule has 0 radical (unpaired) electrons. The van der Waals surface area contributed by atoms with Crippen molar-refractivity contribution in [3.63, 3.8) is 0 Å². The highest BCUT2D eigenvalue weighted by atomic mass is 16.5. The number of nitrogens with zero attached hydrogens (tertiary/aromatic N) is 2. The summed E-state index contributed by atoms with van der Waals surface area (Å²) in [6.45, 7) is 1.93. The first-order valence-corrected chi connectivity index (χ1v) is 6.19. The van der Waals surface area contributed by atoms with E-state index < -0.39 is 12.2 Å². The van der Waals surface area contributed by atoms with Gasteiger partial charge in [-0.3, -0.25) is 5.10 Å². The molecule has 2 rings (SSSR count). The zero-order valence-corrected chi connectivity index (χ0v) is 11.0. The predicted molar refractivity (Wildman–Crippen MR) is 70.5 cm³/mol. The first-order chi connectivity index (χ1) is 9.65. The second kappa shape index (κ2) is 6.67. The maximum Gasteiger partial charge on any atom is 0.407 e. The van der Waals surface area contributed by atoms with Crippen LogP contribution in [0.2, 0.25) is 0 Å². The van der Waals surface area contributed by atoms with E-state index in [0.29, 0.717) is 11.6 Å². The Kier molecular flexibility index (Phi) is 4.67. The van der Waals surface area contributed by atoms with Crippen LogP contribution >= 0.6 is 0 Å². The first-order valence-electron chi connectivity index (χ1n) is 6.19. The monoisotopic (exact) mass is 276 g/mol. The van der Waals surface area contributed by atoms with Crippen LogP contribution in [0.1, 0.15) is 30.2 Å². The number of hydrogen-bond donors (Lipinski definition) is 3. The van der Waals surface area contributed by atoms with E-state index in [1.807, 2.05) is 30.3 Å². The zero-order valence-electron chi connectivity index (χ0n) is 11.0. The molecular formula is C13H16N4O3. The van der Waals surface area contributed by atoms with Crippen LogP contribution < -0.4 is 5.32 Å². The number of alkyl carbamates (subject to hydrolysis) is 1. The number of aromatic amines is 1. The molecule has 0 aliphatic carbocycles. The third-order valence-electron chi connectivity index (χ3n) is 2.54. The van der Waals surface area contributed by atoms with Crippen LogP contribution in [0.15, 0.2) is 30.3 Å². The smallest absolute Gasteiger partial charge is 0.407 e. The van der Waals surface area contributed by atoms with E-state index in [-0.39, 0.29) is 13.2 Å². The zero-order chi connectivity index (χ0) is 14.4. The summed E-state index contributed by atoms with van der Waals surface area (Å²) in [5, 5.41) is 18.2. The fourth-order valence-corrected chi connectivity index (χ4v) is 1.51. The van der Waals surface area contributed by atoms with Gasteiger partial charge in [-0.05, 0) is 12.5 Å². The summed E-state index contributed by atoms with van der Waals surface area (Å²) in [5.41, 5.74) is 0.915. The largest absolute Gasteiger partial charge is 0.445 e. The minimum absolute atomic E-state index is 0.160. The van der Waals surface area contributed by atoms with Crippen molar-refractivity contribution in [2.45, 2.75) is 26.2 Å². The van der Waals surface area contributed by atoms with Crippen LogP contribution in [0.4, 0.5) is 4.79 Å². The maximum atomic E-state index is 11.5. The van der Waals surface area contributed by atoms with Crippen LogP contribution in [0.25, 0.3) is 0 Å². The van der Waals surface area contributed by atoms with Gasteiger partial charge in [0.05, 0.1) is 6.54 Å². The van der Waals surface area contributed by atoms with Gasteiger partial charge in [0.15, 0.2) is 5.82 Å². The van der Waals surface area contributed by atoms with Crippen LogP contribution in [0.3, 0.4) is 0 Å². The van der Waals surface area contributed by atoms with Gasteiger partial charge in [0.2, 0.25) is 0 Å². The average Bonchev–Trinajstić information content (AvgIpc) is 2.93. The van der Waals surface area contributed by atoms with Gasteiger partial charge in [-0.2, -0.15) is 5.10 Å². The summed E-state index contributed by atoms with van der Waals surface area (Å²) in [7, 11) is 0. The fourth-order valence-electron chi connectivity index (χ4n) is 1.51. The minimum Gasteiger partial charge on any atom is -0.445 e. The Hall–Kier alpha value is -2.41. The second-order valence-corrected chi connectivity index (χ2v) is 4.23. The molecule has 0 fully saturated rings. The van der Waals surface area contributed by atoms with Gasteiger partial charge >= 0.3 is 6.09 Å². The number of H-pyrrole nitrogens is 1. The summed E-state index contributed by atoms with van der Waals surface area (Å²) in [6, 6.07) is 9.40. The van der Waals surface area contributed by atoms with Crippen LogP contribution in [0.5, 0.6) is 0 Å². The number of hydrogen-bond acceptors (Lipinski definition) is 5. The van der Waals surface area contributed by atoms with Gasteiger partial charge in [0.25, 0.3) is 0 Å². The van der Waals surface area contributed by atoms with E-state index in [1.54, 1.807) is 6.92 Å². The normalized spacial score (nSPS) is 11.9. The van der Waals surface area contributed by atoms with E-state index >= 15 is 0 Å². The molecular weight excluding hydrogens is 260 g/mol. The minimum atomic E-state index is -0.745. The number of benzene rings is 1. The van der Waals surface area contributed by atoms with Gasteiger partial charge in [0.1, 0.15) is 18.5 Å². The molecule has 2 aromatic rings. The van der Waals surface area contributed by atoms with E-state index in [2.05, 4.69) is 20.5 Å². The summed E-state index contributed by atoms with van der Waals surface area (Å²) in [6.07, 6.45) is -1.28. The van der Waals surface area contributed by atoms with Crippen molar-refractivity contribution >= 4 is 6.09 Å². The Morgan fingerprint density at radius 1 is 1.45 bits per heavy atom. The highest BCUT2D eigenvalue weighted by Crippen LogP contribution is 2.04. The lowest BCUT2D eigenvalue weighted by Crippen LogP contribution is -2.24. The lowest BCUT2D eigenvalue weighted by Gasteiger charge is -2.05. The molecule has 0 aliphatic rings. The van der Waals surface area contributed by atoms with Gasteiger partial charge < -0.3 is 15.2 Å². The molecule has 0 unspecified atom stereocenters. The molecule has 7 heteroatoms. The van der Waals surface area contributed by atoms with Crippen molar-refractivity contribution in [3.05, 3.63) is 47.5 Å². The Bertz CT molecular complexity index is 554. The van der Waals surface area contributed by atoms with Gasteiger partial charge in [-0.1, -0.05) is 30.3 Å². The van der Waals surface area contributed by atoms with Crippen molar-refractivity contribution < 1.29 is 14.6 Å². The number of aromatic nitrogens is 3. The second-order valence-electron chi connectivity index (χ2n) is 4.23. The van der Waals surface area contributed by atoms with Crippen molar-refractivity contribution in [1.29, 1.82) is 0 Å². The Morgan fingerprint density at radius 2 is 2.20 bits per heavy atom. The molecule has 1 aromatic heterocycles. The number of aliphatic hydroxyl groups is 1. The molecule has 7 nitrogen and oxygen atoms in total. The molecule has 3 N–H and O–H groups in total. The summed E-state index contributed by atoms with van der Waals surface area (Å²) >= 11 is 0. The van der Waals surface area contributed by atoms with Crippen LogP contribution in [-0.4, -0.2) is 26.4 Å². The Morgan fingerprint density at radius 3 is 2.85 bits per heavy atom. The third kappa shape index (κ3) is 4.06. The predicted octanol–water partition coefficient (Wildman–Crippen LogP) is 1.28. The molecule has 106 valence electrons. The van der Waals surface area contributed by atoms with Gasteiger partial charge in [0, 0.05) is 0 Å². The highest BCUT2D eigenvalue weighted by Gasteiger charge is 2.09. The molecule has 1 atom stereocenters. The van der Waals surface area contributed by atoms with Crippen LogP contribution in [-0.2, 0) is 17.9 Å². The van der Waals surface area contributed by atoms with Crippen molar-refractivity contribution in [2.75, 3.05) is 0 Å². The number of ether oxygens (including phenoxy) is 1. The Balaban J connectivity index is 1.74. The number of carbonyl (C=O) groups is 1. The van der Waals surface area contributed by atoms with Gasteiger partial charge in [-0.25, -0.2) is 9.78 Å². The quantitative estimate of drug-likeness (QED) is 0.764. The molecule has 0 saturated heterocycles. The molecule has 20 heavy (non-hydrogen) atoms. The van der Waals surface area contributed by atoms with E-state index in [9.17, 15) is 9.90 Å². The molecule has 1 amide bonds. The lowest BCUT2D eigenvalue weighted by molar-refractivity contribution is 0.139. The average molecular weight is 276 g/mol. The number of rotatable bonds is 5. The number of carbonyl (C=O) groups excluding carboxylic acids is 1. The summed E-state index contributed by atoms with van der Waals surface area (Å²) in [4.78, 5) is 15.5. The molecule has 0 saturated carbocycles. The third-order valence-corrected chi connectivity index (χ3v) is 2.54. The molecule has 0 aliphatic heterocycles. The number of aliphatic hydroxyl groups excluding tert-OH is 1. The van der Waals surface area contributed by atoms with E-state index in [1.165, 1.54) is 0 Å². The van der Waals surface area contributed by atoms with Gasteiger partial charge in [-0.15, -0.1) is 0 Å². The van der Waals surface area contributed by atoms with Crippen molar-refractivity contribution in [2.24, 2.45) is 0 Å². The number of nitrogens with one attached hydrogen (secondary N) is 2. The standard InChI is InChI=1S/C13H16N4O3/c1-9(18)12-15-11(16-17-12)7-14-13(19)20-8-10-5-3-2-4-6-10/h2-6,9,18H,7-8H2,1H3,(H,14,19)(H,15,16,17)/t9-/m1/s1. The van der Waals surface area contributed by atoms with E-state index in [4.69, 9.17) is 4.74 Å². The topological polar surface area (TPSA) is 100 Å². The molecule has 1 heterocycles. The van der Waals surface area contributed by atoms with E-state index in [0.717, 1.165) is 5.56 Å². The lowest BCUT2D eigenvalue weighted by atomic mass is 10.2. The Labute approximate surface area is 116 Å². The number of amides is 1. The molecule has 0 spiro atoms. The highest BCUT2D eigenvalue weighted by molar-refractivity contribution is 5.67. The summed E-state index contributed by atoms with van der Waals surface area (Å²) in [5.74, 6) is 0.747. The molecule has 0 bridgehead atoms. The SMILES string of the molecule is C[C@@H](O)c1n[nH]c(CNC(=O)OCc2ccccc2)n1. The van der Waals surface area contributed by atoms with Crippen molar-refractivity contribution in [1.82, 2.24) is 20.5 Å². The molecule has 1 aromatic carbocycles. The summed E-state index contributed by atoms with van der Waals surface area (Å²) < 4.78 is 5.04. The van der Waals surface area contributed by atoms with Crippen LogP contribution in [0, 0.1) is 0 Å². The van der Waals surface area contributed by atoms with Crippen molar-refractivity contribution in [3.8, 4) is 0 Å². The first kappa shape index (κ1) is 14.0.